The van der Waals surface area contributed by atoms with Gasteiger partial charge in [-0.15, -0.1) is 0 Å². The number of halogens is 1. The normalized spacial score (nSPS) is 16.1. The van der Waals surface area contributed by atoms with Crippen LogP contribution in [0.4, 0.5) is 5.69 Å². The Bertz CT molecular complexity index is 447. The Morgan fingerprint density at radius 1 is 1.30 bits per heavy atom. The number of likely N-dealkylation sites (tertiary alicyclic amines) is 1. The highest BCUT2D eigenvalue weighted by Crippen LogP contribution is 2.19. The maximum absolute atomic E-state index is 11.0. The summed E-state index contributed by atoms with van der Waals surface area (Å²) in [6, 6.07) is 7.38. The number of rotatable bonds is 6. The summed E-state index contributed by atoms with van der Waals surface area (Å²) in [5, 5.41) is 9.70. The Hall–Kier alpha value is -1.26. The van der Waals surface area contributed by atoms with Crippen LogP contribution >= 0.6 is 11.6 Å². The number of aliphatic carboxylic acids is 1. The van der Waals surface area contributed by atoms with Gasteiger partial charge in [-0.1, -0.05) is 24.1 Å². The van der Waals surface area contributed by atoms with Crippen LogP contribution in [0.25, 0.3) is 0 Å². The van der Waals surface area contributed by atoms with Crippen LogP contribution in [0, 0.1) is 0 Å². The first-order valence-corrected chi connectivity index (χ1v) is 7.47. The minimum absolute atomic E-state index is 0.00812. The van der Waals surface area contributed by atoms with Gasteiger partial charge in [0.1, 0.15) is 6.54 Å². The number of anilines is 1. The summed E-state index contributed by atoms with van der Waals surface area (Å²) >= 11 is 5.99. The number of hydrogen-bond donors (Lipinski definition) is 1. The summed E-state index contributed by atoms with van der Waals surface area (Å²) in [4.78, 5) is 15.3. The average Bonchev–Trinajstić information content (AvgIpc) is 2.44. The van der Waals surface area contributed by atoms with Crippen LogP contribution in [0.2, 0.25) is 5.02 Å². The summed E-state index contributed by atoms with van der Waals surface area (Å²) < 4.78 is 0. The topological polar surface area (TPSA) is 43.8 Å². The number of carbonyl (C=O) groups is 1. The van der Waals surface area contributed by atoms with Crippen molar-refractivity contribution in [2.75, 3.05) is 37.6 Å². The van der Waals surface area contributed by atoms with Crippen LogP contribution in [0.1, 0.15) is 19.3 Å². The zero-order valence-electron chi connectivity index (χ0n) is 11.6. The third-order valence-electron chi connectivity index (χ3n) is 3.63. The second kappa shape index (κ2) is 7.50. The van der Waals surface area contributed by atoms with Gasteiger partial charge in [-0.25, -0.2) is 0 Å². The van der Waals surface area contributed by atoms with Gasteiger partial charge in [0.25, 0.3) is 0 Å². The van der Waals surface area contributed by atoms with E-state index in [2.05, 4.69) is 4.90 Å². The lowest BCUT2D eigenvalue weighted by Crippen LogP contribution is -2.39. The SMILES string of the molecule is O=C(O)CN(CCN1CCCCC1)c1cccc(Cl)c1. The van der Waals surface area contributed by atoms with E-state index in [9.17, 15) is 4.79 Å². The van der Waals surface area contributed by atoms with Crippen molar-refractivity contribution in [3.05, 3.63) is 29.3 Å². The van der Waals surface area contributed by atoms with Gasteiger partial charge in [-0.3, -0.25) is 4.79 Å². The van der Waals surface area contributed by atoms with Crippen molar-refractivity contribution in [2.24, 2.45) is 0 Å². The number of piperidine rings is 1. The molecule has 0 spiro atoms. The Kier molecular flexibility index (Phi) is 5.68. The van der Waals surface area contributed by atoms with E-state index < -0.39 is 5.97 Å². The fraction of sp³-hybridized carbons (Fsp3) is 0.533. The van der Waals surface area contributed by atoms with Crippen molar-refractivity contribution >= 4 is 23.3 Å². The van der Waals surface area contributed by atoms with Crippen molar-refractivity contribution < 1.29 is 9.90 Å². The molecule has 1 aromatic rings. The van der Waals surface area contributed by atoms with Gasteiger partial charge in [-0.2, -0.15) is 0 Å². The second-order valence-corrected chi connectivity index (χ2v) is 5.63. The highest BCUT2D eigenvalue weighted by molar-refractivity contribution is 6.30. The molecule has 0 radical (unpaired) electrons. The Labute approximate surface area is 124 Å². The molecule has 1 fully saturated rings. The molecule has 1 saturated heterocycles. The molecular formula is C15H21ClN2O2. The van der Waals surface area contributed by atoms with E-state index in [1.165, 1.54) is 19.3 Å². The second-order valence-electron chi connectivity index (χ2n) is 5.20. The molecule has 0 aromatic heterocycles. The summed E-state index contributed by atoms with van der Waals surface area (Å²) in [6.07, 6.45) is 3.80. The number of carboxylic acid groups (broad SMARTS) is 1. The summed E-state index contributed by atoms with van der Waals surface area (Å²) in [5.74, 6) is -0.816. The maximum Gasteiger partial charge on any atom is 0.323 e. The molecule has 0 bridgehead atoms. The summed E-state index contributed by atoms with van der Waals surface area (Å²) in [5.41, 5.74) is 0.872. The van der Waals surface area contributed by atoms with E-state index in [4.69, 9.17) is 16.7 Å². The van der Waals surface area contributed by atoms with Crippen LogP contribution in [-0.4, -0.2) is 48.7 Å². The monoisotopic (exact) mass is 296 g/mol. The highest BCUT2D eigenvalue weighted by Gasteiger charge is 2.15. The van der Waals surface area contributed by atoms with Crippen molar-refractivity contribution in [2.45, 2.75) is 19.3 Å². The molecule has 1 aromatic carbocycles. The Morgan fingerprint density at radius 3 is 2.70 bits per heavy atom. The quantitative estimate of drug-likeness (QED) is 0.876. The van der Waals surface area contributed by atoms with Gasteiger partial charge in [-0.05, 0) is 44.1 Å². The van der Waals surface area contributed by atoms with Gasteiger partial charge < -0.3 is 14.9 Å². The molecule has 20 heavy (non-hydrogen) atoms. The lowest BCUT2D eigenvalue weighted by Gasteiger charge is -2.30. The van der Waals surface area contributed by atoms with Gasteiger partial charge in [0.15, 0.2) is 0 Å². The van der Waals surface area contributed by atoms with Crippen LogP contribution in [-0.2, 0) is 4.79 Å². The first kappa shape index (κ1) is 15.1. The minimum atomic E-state index is -0.816. The van der Waals surface area contributed by atoms with Crippen molar-refractivity contribution in [3.8, 4) is 0 Å². The molecule has 1 aliphatic heterocycles. The van der Waals surface area contributed by atoms with Crippen LogP contribution < -0.4 is 4.90 Å². The largest absolute Gasteiger partial charge is 0.480 e. The molecule has 4 nitrogen and oxygen atoms in total. The fourth-order valence-corrected chi connectivity index (χ4v) is 2.77. The van der Waals surface area contributed by atoms with E-state index >= 15 is 0 Å². The molecule has 5 heteroatoms. The number of hydrogen-bond acceptors (Lipinski definition) is 3. The predicted octanol–water partition coefficient (Wildman–Crippen LogP) is 2.72. The lowest BCUT2D eigenvalue weighted by molar-refractivity contribution is -0.135. The Balaban J connectivity index is 1.97. The summed E-state index contributed by atoms with van der Waals surface area (Å²) in [7, 11) is 0. The van der Waals surface area contributed by atoms with Gasteiger partial charge in [0, 0.05) is 23.8 Å². The van der Waals surface area contributed by atoms with Crippen LogP contribution in [0.15, 0.2) is 24.3 Å². The van der Waals surface area contributed by atoms with Crippen LogP contribution in [0.3, 0.4) is 0 Å². The molecule has 0 saturated carbocycles. The predicted molar refractivity (Wildman–Crippen MR) is 81.6 cm³/mol. The minimum Gasteiger partial charge on any atom is -0.480 e. The molecule has 1 N–H and O–H groups in total. The molecule has 2 rings (SSSR count). The molecule has 1 aliphatic rings. The number of benzene rings is 1. The van der Waals surface area contributed by atoms with E-state index in [1.54, 1.807) is 6.07 Å². The first-order chi connectivity index (χ1) is 9.65. The smallest absolute Gasteiger partial charge is 0.323 e. The molecule has 110 valence electrons. The van der Waals surface area contributed by atoms with Gasteiger partial charge >= 0.3 is 5.97 Å². The standard InChI is InChI=1S/C15H21ClN2O2/c16-13-5-4-6-14(11-13)18(12-15(19)20)10-9-17-7-2-1-3-8-17/h4-6,11H,1-3,7-10,12H2,(H,19,20). The van der Waals surface area contributed by atoms with E-state index in [0.717, 1.165) is 25.3 Å². The average molecular weight is 297 g/mol. The third-order valence-corrected chi connectivity index (χ3v) is 3.87. The molecule has 0 atom stereocenters. The van der Waals surface area contributed by atoms with Gasteiger partial charge in [0.05, 0.1) is 0 Å². The lowest BCUT2D eigenvalue weighted by atomic mass is 10.1. The van der Waals surface area contributed by atoms with Gasteiger partial charge in [0.2, 0.25) is 0 Å². The zero-order valence-corrected chi connectivity index (χ0v) is 12.4. The van der Waals surface area contributed by atoms with Crippen molar-refractivity contribution in [1.29, 1.82) is 0 Å². The zero-order chi connectivity index (χ0) is 14.4. The van der Waals surface area contributed by atoms with E-state index in [-0.39, 0.29) is 6.54 Å². The van der Waals surface area contributed by atoms with Crippen LogP contribution in [0.5, 0.6) is 0 Å². The number of nitrogens with zero attached hydrogens (tertiary/aromatic N) is 2. The molecular weight excluding hydrogens is 276 g/mol. The fourth-order valence-electron chi connectivity index (χ4n) is 2.58. The highest BCUT2D eigenvalue weighted by atomic mass is 35.5. The van der Waals surface area contributed by atoms with Crippen molar-refractivity contribution in [1.82, 2.24) is 4.90 Å². The van der Waals surface area contributed by atoms with E-state index in [0.29, 0.717) is 11.6 Å². The summed E-state index contributed by atoms with van der Waals surface area (Å²) in [6.45, 7) is 3.87. The molecule has 0 unspecified atom stereocenters. The number of carboxylic acids is 1. The molecule has 0 aliphatic carbocycles. The van der Waals surface area contributed by atoms with Crippen molar-refractivity contribution in [3.63, 3.8) is 0 Å². The molecule has 1 heterocycles. The molecule has 0 amide bonds. The van der Waals surface area contributed by atoms with E-state index in [1.807, 2.05) is 23.1 Å². The first-order valence-electron chi connectivity index (χ1n) is 7.10. The third kappa shape index (κ3) is 4.69. The Morgan fingerprint density at radius 2 is 2.05 bits per heavy atom. The maximum atomic E-state index is 11.0.